The van der Waals surface area contributed by atoms with E-state index in [9.17, 15) is 4.39 Å². The molecule has 2 rings (SSSR count). The van der Waals surface area contributed by atoms with Crippen LogP contribution in [0, 0.1) is 5.82 Å². The molecule has 1 heterocycles. The lowest BCUT2D eigenvalue weighted by Crippen LogP contribution is -2.02. The number of benzene rings is 1. The van der Waals surface area contributed by atoms with Gasteiger partial charge in [0.25, 0.3) is 0 Å². The topological polar surface area (TPSA) is 33.1 Å². The third-order valence-corrected chi connectivity index (χ3v) is 3.26. The first kappa shape index (κ1) is 13.7. The Labute approximate surface area is 112 Å². The van der Waals surface area contributed by atoms with Crippen molar-refractivity contribution in [3.8, 4) is 0 Å². The van der Waals surface area contributed by atoms with Gasteiger partial charge in [-0.15, -0.1) is 0 Å². The number of aromatic nitrogens is 1. The van der Waals surface area contributed by atoms with Crippen molar-refractivity contribution in [1.29, 1.82) is 0 Å². The highest BCUT2D eigenvalue weighted by atomic mass is 19.1. The highest BCUT2D eigenvalue weighted by molar-refractivity contribution is 5.30. The quantitative estimate of drug-likeness (QED) is 0.805. The van der Waals surface area contributed by atoms with Gasteiger partial charge in [0.05, 0.1) is 0 Å². The molecular formula is C16H18FNO. The van der Waals surface area contributed by atoms with E-state index in [1.165, 1.54) is 12.1 Å². The minimum atomic E-state index is -0.218. The number of aliphatic hydroxyl groups is 1. The number of hydrogen-bond donors (Lipinski definition) is 1. The zero-order chi connectivity index (χ0) is 13.5. The van der Waals surface area contributed by atoms with Crippen LogP contribution < -0.4 is 0 Å². The number of nitrogens with zero attached hydrogens (tertiary/aromatic N) is 1. The van der Waals surface area contributed by atoms with Gasteiger partial charge in [-0.3, -0.25) is 4.98 Å². The molecule has 3 heteroatoms. The minimum Gasteiger partial charge on any atom is -0.396 e. The van der Waals surface area contributed by atoms with E-state index in [1.54, 1.807) is 6.20 Å². The van der Waals surface area contributed by atoms with Gasteiger partial charge in [-0.25, -0.2) is 4.39 Å². The molecule has 0 aliphatic carbocycles. The minimum absolute atomic E-state index is 0.209. The van der Waals surface area contributed by atoms with Gasteiger partial charge in [-0.05, 0) is 42.2 Å². The molecule has 1 atom stereocenters. The Balaban J connectivity index is 2.21. The lowest BCUT2D eigenvalue weighted by molar-refractivity contribution is 0.282. The fourth-order valence-electron chi connectivity index (χ4n) is 2.26. The second-order valence-corrected chi connectivity index (χ2v) is 4.61. The molecule has 1 unspecified atom stereocenters. The van der Waals surface area contributed by atoms with Crippen LogP contribution in [0.15, 0.2) is 48.8 Å². The Morgan fingerprint density at radius 3 is 2.47 bits per heavy atom. The van der Waals surface area contributed by atoms with Crippen molar-refractivity contribution in [1.82, 2.24) is 4.98 Å². The lowest BCUT2D eigenvalue weighted by Gasteiger charge is -2.17. The molecule has 0 amide bonds. The summed E-state index contributed by atoms with van der Waals surface area (Å²) >= 11 is 0. The first-order valence-electron chi connectivity index (χ1n) is 6.57. The van der Waals surface area contributed by atoms with Gasteiger partial charge in [-0.2, -0.15) is 0 Å². The number of hydrogen-bond acceptors (Lipinski definition) is 2. The van der Waals surface area contributed by atoms with Crippen molar-refractivity contribution in [2.75, 3.05) is 6.61 Å². The van der Waals surface area contributed by atoms with Gasteiger partial charge in [0, 0.05) is 24.9 Å². The largest absolute Gasteiger partial charge is 0.396 e. The number of halogens is 1. The van der Waals surface area contributed by atoms with E-state index in [0.29, 0.717) is 0 Å². The number of unbranched alkanes of at least 4 members (excludes halogenated alkanes) is 1. The molecule has 1 N–H and O–H groups in total. The monoisotopic (exact) mass is 259 g/mol. The summed E-state index contributed by atoms with van der Waals surface area (Å²) in [5.74, 6) is -0.00936. The van der Waals surface area contributed by atoms with Gasteiger partial charge < -0.3 is 5.11 Å². The molecule has 0 spiro atoms. The van der Waals surface area contributed by atoms with Gasteiger partial charge in [-0.1, -0.05) is 24.6 Å². The van der Waals surface area contributed by atoms with E-state index in [0.717, 1.165) is 30.4 Å². The van der Waals surface area contributed by atoms with E-state index in [-0.39, 0.29) is 18.3 Å². The molecule has 2 aromatic rings. The van der Waals surface area contributed by atoms with Crippen LogP contribution in [0.3, 0.4) is 0 Å². The van der Waals surface area contributed by atoms with Crippen LogP contribution in [-0.4, -0.2) is 16.7 Å². The normalized spacial score (nSPS) is 12.3. The SMILES string of the molecule is OCCCCC(c1ccc(F)cc1)c1cccnc1. The summed E-state index contributed by atoms with van der Waals surface area (Å²) in [7, 11) is 0. The van der Waals surface area contributed by atoms with Gasteiger partial charge in [0.2, 0.25) is 0 Å². The molecule has 100 valence electrons. The Bertz CT molecular complexity index is 484. The molecule has 0 bridgehead atoms. The second kappa shape index (κ2) is 7.00. The summed E-state index contributed by atoms with van der Waals surface area (Å²) in [4.78, 5) is 4.15. The summed E-state index contributed by atoms with van der Waals surface area (Å²) in [6, 6.07) is 10.6. The van der Waals surface area contributed by atoms with Crippen LogP contribution in [0.25, 0.3) is 0 Å². The maximum Gasteiger partial charge on any atom is 0.123 e. The van der Waals surface area contributed by atoms with Crippen LogP contribution in [0.4, 0.5) is 4.39 Å². The van der Waals surface area contributed by atoms with Crippen molar-refractivity contribution in [3.63, 3.8) is 0 Å². The lowest BCUT2D eigenvalue weighted by atomic mass is 9.88. The van der Waals surface area contributed by atoms with Crippen molar-refractivity contribution in [2.45, 2.75) is 25.2 Å². The third-order valence-electron chi connectivity index (χ3n) is 3.26. The molecule has 0 aliphatic heterocycles. The van der Waals surface area contributed by atoms with Gasteiger partial charge in [0.15, 0.2) is 0 Å². The summed E-state index contributed by atoms with van der Waals surface area (Å²) in [6.45, 7) is 0.211. The number of aliphatic hydroxyl groups excluding tert-OH is 1. The van der Waals surface area contributed by atoms with Crippen molar-refractivity contribution >= 4 is 0 Å². The van der Waals surface area contributed by atoms with Crippen molar-refractivity contribution in [3.05, 3.63) is 65.7 Å². The Morgan fingerprint density at radius 1 is 1.05 bits per heavy atom. The third kappa shape index (κ3) is 3.86. The van der Waals surface area contributed by atoms with Crippen molar-refractivity contribution in [2.24, 2.45) is 0 Å². The summed E-state index contributed by atoms with van der Waals surface area (Å²) in [5.41, 5.74) is 2.22. The maximum absolute atomic E-state index is 13.0. The fraction of sp³-hybridized carbons (Fsp3) is 0.312. The van der Waals surface area contributed by atoms with E-state index in [1.807, 2.05) is 30.5 Å². The van der Waals surface area contributed by atoms with Gasteiger partial charge >= 0.3 is 0 Å². The van der Waals surface area contributed by atoms with Crippen molar-refractivity contribution < 1.29 is 9.50 Å². The van der Waals surface area contributed by atoms with Crippen LogP contribution >= 0.6 is 0 Å². The summed E-state index contributed by atoms with van der Waals surface area (Å²) < 4.78 is 13.0. The zero-order valence-corrected chi connectivity index (χ0v) is 10.8. The van der Waals surface area contributed by atoms with E-state index in [2.05, 4.69) is 4.98 Å². The summed E-state index contributed by atoms with van der Waals surface area (Å²) in [5, 5.41) is 8.89. The molecule has 0 saturated carbocycles. The van der Waals surface area contributed by atoms with E-state index in [4.69, 9.17) is 5.11 Å². The molecule has 0 fully saturated rings. The highest BCUT2D eigenvalue weighted by Crippen LogP contribution is 2.29. The Kier molecular flexibility index (Phi) is 5.04. The standard InChI is InChI=1S/C16H18FNO/c17-15-8-6-13(7-9-15)16(5-1-2-11-19)14-4-3-10-18-12-14/h3-4,6-10,12,16,19H,1-2,5,11H2. The highest BCUT2D eigenvalue weighted by Gasteiger charge is 2.14. The van der Waals surface area contributed by atoms with Crippen LogP contribution in [-0.2, 0) is 0 Å². The summed E-state index contributed by atoms with van der Waals surface area (Å²) in [6.07, 6.45) is 6.26. The zero-order valence-electron chi connectivity index (χ0n) is 10.8. The van der Waals surface area contributed by atoms with E-state index < -0.39 is 0 Å². The molecule has 0 aliphatic rings. The number of pyridine rings is 1. The molecule has 2 nitrogen and oxygen atoms in total. The Morgan fingerprint density at radius 2 is 1.84 bits per heavy atom. The molecule has 0 radical (unpaired) electrons. The average Bonchev–Trinajstić information content (AvgIpc) is 2.46. The predicted molar refractivity (Wildman–Crippen MR) is 73.4 cm³/mol. The van der Waals surface area contributed by atoms with Gasteiger partial charge in [0.1, 0.15) is 5.82 Å². The van der Waals surface area contributed by atoms with Crippen LogP contribution in [0.1, 0.15) is 36.3 Å². The molecule has 1 aromatic carbocycles. The molecule has 1 aromatic heterocycles. The van der Waals surface area contributed by atoms with Crippen LogP contribution in [0.5, 0.6) is 0 Å². The Hall–Kier alpha value is -1.74. The number of rotatable bonds is 6. The first-order valence-corrected chi connectivity index (χ1v) is 6.57. The average molecular weight is 259 g/mol. The maximum atomic E-state index is 13.0. The second-order valence-electron chi connectivity index (χ2n) is 4.61. The molecule has 0 saturated heterocycles. The molecular weight excluding hydrogens is 241 g/mol. The predicted octanol–water partition coefficient (Wildman–Crippen LogP) is 3.52. The van der Waals surface area contributed by atoms with Crippen LogP contribution in [0.2, 0.25) is 0 Å². The first-order chi connectivity index (χ1) is 9.31. The fourth-order valence-corrected chi connectivity index (χ4v) is 2.26. The van der Waals surface area contributed by atoms with E-state index >= 15 is 0 Å². The smallest absolute Gasteiger partial charge is 0.123 e. The molecule has 19 heavy (non-hydrogen) atoms.